The minimum absolute atomic E-state index is 0.257. The zero-order valence-electron chi connectivity index (χ0n) is 15.1. The normalized spacial score (nSPS) is 29.5. The third kappa shape index (κ3) is 4.50. The number of nitrogens with zero attached hydrogens (tertiary/aromatic N) is 1. The van der Waals surface area contributed by atoms with Gasteiger partial charge in [-0.15, -0.1) is 0 Å². The third-order valence-electron chi connectivity index (χ3n) is 5.71. The monoisotopic (exact) mass is 332 g/mol. The quantitative estimate of drug-likeness (QED) is 0.870. The van der Waals surface area contributed by atoms with Gasteiger partial charge in [-0.05, 0) is 56.2 Å². The van der Waals surface area contributed by atoms with Crippen LogP contribution in [0.3, 0.4) is 0 Å². The smallest absolute Gasteiger partial charge is 0.0772 e. The van der Waals surface area contributed by atoms with Gasteiger partial charge in [0.25, 0.3) is 0 Å². The maximum atomic E-state index is 10.7. The van der Waals surface area contributed by atoms with Crippen molar-refractivity contribution in [1.82, 2.24) is 5.32 Å². The Morgan fingerprint density at radius 2 is 1.83 bits per heavy atom. The second-order valence-corrected chi connectivity index (χ2v) is 7.70. The van der Waals surface area contributed by atoms with Crippen molar-refractivity contribution in [3.8, 4) is 0 Å². The molecule has 1 aliphatic carbocycles. The van der Waals surface area contributed by atoms with E-state index < -0.39 is 5.60 Å². The summed E-state index contributed by atoms with van der Waals surface area (Å²) >= 11 is 0. The number of aliphatic hydroxyl groups is 1. The van der Waals surface area contributed by atoms with E-state index in [4.69, 9.17) is 4.74 Å². The Balaban J connectivity index is 1.52. The van der Waals surface area contributed by atoms with Crippen molar-refractivity contribution in [1.29, 1.82) is 0 Å². The van der Waals surface area contributed by atoms with Gasteiger partial charge in [-0.1, -0.05) is 19.1 Å². The fraction of sp³-hybridized carbons (Fsp3) is 0.700. The van der Waals surface area contributed by atoms with Crippen molar-refractivity contribution in [3.05, 3.63) is 29.8 Å². The van der Waals surface area contributed by atoms with Crippen LogP contribution in [-0.4, -0.2) is 43.6 Å². The number of benzene rings is 1. The lowest BCUT2D eigenvalue weighted by molar-refractivity contribution is -0.00783. The maximum Gasteiger partial charge on any atom is 0.0772 e. The SMILES string of the molecule is CC1CCC(O)(CNC(C)c2ccc(N3CCOCC3)cc2)CC1. The molecule has 3 rings (SSSR count). The molecule has 1 atom stereocenters. The first-order valence-electron chi connectivity index (χ1n) is 9.44. The van der Waals surface area contributed by atoms with Crippen LogP contribution in [-0.2, 0) is 4.74 Å². The zero-order chi connectivity index (χ0) is 17.0. The zero-order valence-corrected chi connectivity index (χ0v) is 15.1. The lowest BCUT2D eigenvalue weighted by Crippen LogP contribution is -2.44. The van der Waals surface area contributed by atoms with Gasteiger partial charge in [0.05, 0.1) is 18.8 Å². The Morgan fingerprint density at radius 3 is 2.46 bits per heavy atom. The van der Waals surface area contributed by atoms with Gasteiger partial charge in [0, 0.05) is 31.4 Å². The van der Waals surface area contributed by atoms with E-state index in [0.717, 1.165) is 57.9 Å². The van der Waals surface area contributed by atoms with Gasteiger partial charge in [0.15, 0.2) is 0 Å². The third-order valence-corrected chi connectivity index (χ3v) is 5.71. The summed E-state index contributed by atoms with van der Waals surface area (Å²) in [6.07, 6.45) is 4.12. The van der Waals surface area contributed by atoms with Crippen LogP contribution in [0.25, 0.3) is 0 Å². The van der Waals surface area contributed by atoms with E-state index in [2.05, 4.69) is 48.3 Å². The highest BCUT2D eigenvalue weighted by Gasteiger charge is 2.31. The molecule has 4 heteroatoms. The molecule has 134 valence electrons. The van der Waals surface area contributed by atoms with Crippen LogP contribution in [0.1, 0.15) is 51.1 Å². The first-order valence-corrected chi connectivity index (χ1v) is 9.44. The van der Waals surface area contributed by atoms with Crippen molar-refractivity contribution in [2.45, 2.75) is 51.2 Å². The van der Waals surface area contributed by atoms with Gasteiger partial charge < -0.3 is 20.1 Å². The Bertz CT molecular complexity index is 503. The van der Waals surface area contributed by atoms with Crippen molar-refractivity contribution in [2.75, 3.05) is 37.7 Å². The van der Waals surface area contributed by atoms with E-state index >= 15 is 0 Å². The number of nitrogens with one attached hydrogen (secondary N) is 1. The van der Waals surface area contributed by atoms with E-state index in [9.17, 15) is 5.11 Å². The number of rotatable bonds is 5. The molecule has 1 aromatic carbocycles. The van der Waals surface area contributed by atoms with E-state index in [0.29, 0.717) is 6.54 Å². The summed E-state index contributed by atoms with van der Waals surface area (Å²) in [5, 5.41) is 14.3. The summed E-state index contributed by atoms with van der Waals surface area (Å²) in [4.78, 5) is 2.37. The van der Waals surface area contributed by atoms with Crippen LogP contribution in [0.15, 0.2) is 24.3 Å². The minimum atomic E-state index is -0.519. The Kier molecular flexibility index (Phi) is 5.80. The molecule has 0 radical (unpaired) electrons. The molecular weight excluding hydrogens is 300 g/mol. The van der Waals surface area contributed by atoms with Crippen molar-refractivity contribution < 1.29 is 9.84 Å². The van der Waals surface area contributed by atoms with Gasteiger partial charge in [-0.25, -0.2) is 0 Å². The summed E-state index contributed by atoms with van der Waals surface area (Å²) in [6.45, 7) is 8.72. The summed E-state index contributed by atoms with van der Waals surface area (Å²) in [6, 6.07) is 9.07. The van der Waals surface area contributed by atoms with E-state index in [-0.39, 0.29) is 6.04 Å². The van der Waals surface area contributed by atoms with Crippen LogP contribution >= 0.6 is 0 Å². The average molecular weight is 332 g/mol. The van der Waals surface area contributed by atoms with Gasteiger partial charge >= 0.3 is 0 Å². The molecule has 2 aliphatic rings. The highest BCUT2D eigenvalue weighted by atomic mass is 16.5. The van der Waals surface area contributed by atoms with Crippen LogP contribution < -0.4 is 10.2 Å². The van der Waals surface area contributed by atoms with Crippen LogP contribution in [0.4, 0.5) is 5.69 Å². The molecule has 2 fully saturated rings. The molecule has 1 unspecified atom stereocenters. The topological polar surface area (TPSA) is 44.7 Å². The lowest BCUT2D eigenvalue weighted by Gasteiger charge is -2.36. The fourth-order valence-electron chi connectivity index (χ4n) is 3.73. The molecule has 1 saturated carbocycles. The summed E-state index contributed by atoms with van der Waals surface area (Å²) in [7, 11) is 0. The predicted octanol–water partition coefficient (Wildman–Crippen LogP) is 3.12. The average Bonchev–Trinajstić information content (AvgIpc) is 2.63. The summed E-state index contributed by atoms with van der Waals surface area (Å²) in [5.41, 5.74) is 2.03. The standard InChI is InChI=1S/C20H32N2O2/c1-16-7-9-20(23,10-8-16)15-21-17(2)18-3-5-19(6-4-18)22-11-13-24-14-12-22/h3-6,16-17,21,23H,7-15H2,1-2H3. The molecule has 0 aromatic heterocycles. The summed E-state index contributed by atoms with van der Waals surface area (Å²) in [5.74, 6) is 0.760. The van der Waals surface area contributed by atoms with Crippen LogP contribution in [0.2, 0.25) is 0 Å². The predicted molar refractivity (Wildman–Crippen MR) is 98.5 cm³/mol. The molecule has 0 bridgehead atoms. The van der Waals surface area contributed by atoms with Crippen LogP contribution in [0, 0.1) is 5.92 Å². The Labute approximate surface area is 146 Å². The van der Waals surface area contributed by atoms with E-state index in [1.165, 1.54) is 11.3 Å². The highest BCUT2D eigenvalue weighted by molar-refractivity contribution is 5.48. The van der Waals surface area contributed by atoms with Crippen molar-refractivity contribution >= 4 is 5.69 Å². The molecular formula is C20H32N2O2. The number of ether oxygens (including phenoxy) is 1. The second-order valence-electron chi connectivity index (χ2n) is 7.70. The first kappa shape index (κ1) is 17.7. The molecule has 24 heavy (non-hydrogen) atoms. The second kappa shape index (κ2) is 7.85. The van der Waals surface area contributed by atoms with Crippen LogP contribution in [0.5, 0.6) is 0 Å². The minimum Gasteiger partial charge on any atom is -0.389 e. The summed E-state index contributed by atoms with van der Waals surface area (Å²) < 4.78 is 5.41. The number of hydrogen-bond acceptors (Lipinski definition) is 4. The maximum absolute atomic E-state index is 10.7. The highest BCUT2D eigenvalue weighted by Crippen LogP contribution is 2.31. The largest absolute Gasteiger partial charge is 0.389 e. The Morgan fingerprint density at radius 1 is 1.21 bits per heavy atom. The Hall–Kier alpha value is -1.10. The first-order chi connectivity index (χ1) is 11.6. The van der Waals surface area contributed by atoms with Gasteiger partial charge in [-0.3, -0.25) is 0 Å². The molecule has 2 N–H and O–H groups in total. The molecule has 1 aliphatic heterocycles. The van der Waals surface area contributed by atoms with E-state index in [1.807, 2.05) is 0 Å². The fourth-order valence-corrected chi connectivity index (χ4v) is 3.73. The molecule has 0 spiro atoms. The van der Waals surface area contributed by atoms with Gasteiger partial charge in [0.2, 0.25) is 0 Å². The molecule has 1 aromatic rings. The lowest BCUT2D eigenvalue weighted by atomic mass is 9.79. The number of anilines is 1. The number of hydrogen-bond donors (Lipinski definition) is 2. The van der Waals surface area contributed by atoms with E-state index in [1.54, 1.807) is 0 Å². The van der Waals surface area contributed by atoms with Crippen molar-refractivity contribution in [2.24, 2.45) is 5.92 Å². The molecule has 1 saturated heterocycles. The van der Waals surface area contributed by atoms with Crippen molar-refractivity contribution in [3.63, 3.8) is 0 Å². The van der Waals surface area contributed by atoms with Gasteiger partial charge in [0.1, 0.15) is 0 Å². The number of morpholine rings is 1. The molecule has 4 nitrogen and oxygen atoms in total. The molecule has 1 heterocycles. The molecule has 0 amide bonds. The van der Waals surface area contributed by atoms with Gasteiger partial charge in [-0.2, -0.15) is 0 Å².